The van der Waals surface area contributed by atoms with Gasteiger partial charge in [-0.25, -0.2) is 4.79 Å². The molecule has 0 aliphatic rings. The van der Waals surface area contributed by atoms with E-state index in [0.29, 0.717) is 11.3 Å². The lowest BCUT2D eigenvalue weighted by Gasteiger charge is -2.11. The van der Waals surface area contributed by atoms with Gasteiger partial charge in [-0.15, -0.1) is 0 Å². The Morgan fingerprint density at radius 2 is 1.86 bits per heavy atom. The Morgan fingerprint density at radius 1 is 1.11 bits per heavy atom. The molecular formula is C22H19ClN2O3. The Kier molecular flexibility index (Phi) is 5.47. The normalized spacial score (nSPS) is 11.1. The molecule has 5 nitrogen and oxygen atoms in total. The van der Waals surface area contributed by atoms with E-state index < -0.39 is 5.97 Å². The largest absolute Gasteiger partial charge is 0.478 e. The van der Waals surface area contributed by atoms with E-state index in [1.54, 1.807) is 42.6 Å². The number of aryl methyl sites for hydroxylation is 1. The number of rotatable bonds is 5. The fraction of sp³-hybridized carbons (Fsp3) is 0.136. The van der Waals surface area contributed by atoms with Crippen molar-refractivity contribution in [2.45, 2.75) is 20.8 Å². The van der Waals surface area contributed by atoms with Crippen molar-refractivity contribution < 1.29 is 14.7 Å². The van der Waals surface area contributed by atoms with Crippen molar-refractivity contribution in [2.24, 2.45) is 4.99 Å². The smallest absolute Gasteiger partial charge is 0.337 e. The zero-order chi connectivity index (χ0) is 20.4. The molecule has 0 radical (unpaired) electrons. The lowest BCUT2D eigenvalue weighted by Crippen LogP contribution is -2.03. The van der Waals surface area contributed by atoms with Crippen molar-refractivity contribution in [3.63, 3.8) is 0 Å². The van der Waals surface area contributed by atoms with Crippen molar-refractivity contribution in [3.8, 4) is 5.69 Å². The summed E-state index contributed by atoms with van der Waals surface area (Å²) >= 11 is 5.98. The lowest BCUT2D eigenvalue weighted by molar-refractivity contribution is 0.0696. The predicted molar refractivity (Wildman–Crippen MR) is 111 cm³/mol. The summed E-state index contributed by atoms with van der Waals surface area (Å²) in [6, 6.07) is 14.0. The van der Waals surface area contributed by atoms with Crippen molar-refractivity contribution in [1.82, 2.24) is 4.57 Å². The van der Waals surface area contributed by atoms with E-state index in [-0.39, 0.29) is 16.4 Å². The third kappa shape index (κ3) is 3.89. The first-order valence-corrected chi connectivity index (χ1v) is 9.03. The molecule has 3 rings (SSSR count). The van der Waals surface area contributed by atoms with Crippen LogP contribution in [0.4, 0.5) is 5.69 Å². The van der Waals surface area contributed by atoms with Gasteiger partial charge in [0.25, 0.3) is 0 Å². The van der Waals surface area contributed by atoms with Crippen LogP contribution in [0.3, 0.4) is 0 Å². The molecule has 1 heterocycles. The average molecular weight is 395 g/mol. The van der Waals surface area contributed by atoms with Crippen LogP contribution < -0.4 is 0 Å². The average Bonchev–Trinajstić information content (AvgIpc) is 2.94. The summed E-state index contributed by atoms with van der Waals surface area (Å²) in [7, 11) is 0. The Balaban J connectivity index is 1.99. The van der Waals surface area contributed by atoms with E-state index in [1.807, 2.05) is 30.5 Å². The molecule has 2 aromatic carbocycles. The van der Waals surface area contributed by atoms with Crippen LogP contribution in [-0.2, 0) is 0 Å². The zero-order valence-electron chi connectivity index (χ0n) is 15.7. The van der Waals surface area contributed by atoms with Gasteiger partial charge in [-0.2, -0.15) is 0 Å². The number of ketones is 1. The molecule has 1 N–H and O–H groups in total. The zero-order valence-corrected chi connectivity index (χ0v) is 16.5. The number of Topliss-reactive ketones (excluding diaryl/α,β-unsaturated/α-hetero) is 1. The fourth-order valence-electron chi connectivity index (χ4n) is 3.08. The van der Waals surface area contributed by atoms with Gasteiger partial charge in [-0.3, -0.25) is 9.79 Å². The van der Waals surface area contributed by atoms with E-state index in [2.05, 4.69) is 4.99 Å². The highest BCUT2D eigenvalue weighted by Gasteiger charge is 2.14. The van der Waals surface area contributed by atoms with Crippen LogP contribution in [0.5, 0.6) is 0 Å². The standard InChI is InChI=1S/C22H19ClN2O3/c1-13-9-17(12-24-18-6-4-5-16(10-18)15(3)26)14(2)25(13)19-7-8-21(23)20(11-19)22(27)28/h4-12H,1-3H3,(H,27,28). The molecule has 28 heavy (non-hydrogen) atoms. The first-order chi connectivity index (χ1) is 13.3. The molecule has 0 fully saturated rings. The highest BCUT2D eigenvalue weighted by Crippen LogP contribution is 2.25. The number of aliphatic imine (C=N–C) groups is 1. The van der Waals surface area contributed by atoms with Gasteiger partial charge >= 0.3 is 5.97 Å². The molecule has 0 aliphatic carbocycles. The van der Waals surface area contributed by atoms with Gasteiger partial charge in [-0.1, -0.05) is 23.7 Å². The first kappa shape index (κ1) is 19.6. The van der Waals surface area contributed by atoms with Crippen LogP contribution in [0, 0.1) is 13.8 Å². The van der Waals surface area contributed by atoms with Crippen molar-refractivity contribution in [1.29, 1.82) is 0 Å². The quantitative estimate of drug-likeness (QED) is 0.465. The summed E-state index contributed by atoms with van der Waals surface area (Å²) < 4.78 is 1.95. The Labute approximate surface area is 167 Å². The number of benzene rings is 2. The number of carbonyl (C=O) groups is 2. The summed E-state index contributed by atoms with van der Waals surface area (Å²) in [4.78, 5) is 27.4. The molecule has 0 atom stereocenters. The summed E-state index contributed by atoms with van der Waals surface area (Å²) in [5.74, 6) is -1.08. The van der Waals surface area contributed by atoms with Crippen LogP contribution in [0.25, 0.3) is 5.69 Å². The van der Waals surface area contributed by atoms with Crippen LogP contribution in [0.1, 0.15) is 44.6 Å². The number of carboxylic acid groups (broad SMARTS) is 1. The van der Waals surface area contributed by atoms with Crippen LogP contribution in [-0.4, -0.2) is 27.6 Å². The third-order valence-electron chi connectivity index (χ3n) is 4.51. The second-order valence-corrected chi connectivity index (χ2v) is 6.90. The number of hydrogen-bond donors (Lipinski definition) is 1. The monoisotopic (exact) mass is 394 g/mol. The van der Waals surface area contributed by atoms with E-state index in [1.165, 1.54) is 6.92 Å². The Morgan fingerprint density at radius 3 is 2.54 bits per heavy atom. The van der Waals surface area contributed by atoms with Crippen LogP contribution in [0.2, 0.25) is 5.02 Å². The summed E-state index contributed by atoms with van der Waals surface area (Å²) in [6.07, 6.45) is 1.74. The van der Waals surface area contributed by atoms with Gasteiger partial charge < -0.3 is 9.67 Å². The molecule has 3 aromatic rings. The number of carboxylic acids is 1. The molecule has 1 aromatic heterocycles. The number of nitrogens with zero attached hydrogens (tertiary/aromatic N) is 2. The van der Waals surface area contributed by atoms with Gasteiger partial charge in [-0.05, 0) is 57.2 Å². The minimum atomic E-state index is -1.07. The summed E-state index contributed by atoms with van der Waals surface area (Å²) in [6.45, 7) is 5.40. The van der Waals surface area contributed by atoms with Gasteiger partial charge in [0.15, 0.2) is 5.78 Å². The van der Waals surface area contributed by atoms with Crippen LogP contribution >= 0.6 is 11.6 Å². The molecule has 0 saturated carbocycles. The highest BCUT2D eigenvalue weighted by molar-refractivity contribution is 6.33. The number of aromatic nitrogens is 1. The van der Waals surface area contributed by atoms with Crippen molar-refractivity contribution in [3.05, 3.63) is 81.6 Å². The van der Waals surface area contributed by atoms with E-state index in [4.69, 9.17) is 11.6 Å². The summed E-state index contributed by atoms with van der Waals surface area (Å²) in [5, 5.41) is 9.51. The second kappa shape index (κ2) is 7.82. The number of carbonyl (C=O) groups excluding carboxylic acids is 1. The minimum absolute atomic E-state index is 0.00722. The fourth-order valence-corrected chi connectivity index (χ4v) is 3.28. The third-order valence-corrected chi connectivity index (χ3v) is 4.84. The van der Waals surface area contributed by atoms with E-state index in [0.717, 1.165) is 22.6 Å². The van der Waals surface area contributed by atoms with Crippen molar-refractivity contribution in [2.75, 3.05) is 0 Å². The molecule has 0 unspecified atom stereocenters. The molecule has 6 heteroatoms. The summed E-state index contributed by atoms with van der Waals surface area (Å²) in [5.41, 5.74) is 4.84. The van der Waals surface area contributed by atoms with E-state index >= 15 is 0 Å². The molecular weight excluding hydrogens is 376 g/mol. The van der Waals surface area contributed by atoms with Gasteiger partial charge in [0.05, 0.1) is 16.3 Å². The molecule has 0 aliphatic heterocycles. The molecule has 0 amide bonds. The topological polar surface area (TPSA) is 71.7 Å². The molecule has 0 bridgehead atoms. The van der Waals surface area contributed by atoms with Crippen LogP contribution in [0.15, 0.2) is 53.5 Å². The highest BCUT2D eigenvalue weighted by atomic mass is 35.5. The first-order valence-electron chi connectivity index (χ1n) is 8.65. The van der Waals surface area contributed by atoms with Gasteiger partial charge in [0.1, 0.15) is 0 Å². The molecule has 0 saturated heterocycles. The Hall–Kier alpha value is -3.18. The predicted octanol–water partition coefficient (Wildman–Crippen LogP) is 5.40. The number of hydrogen-bond acceptors (Lipinski definition) is 3. The maximum Gasteiger partial charge on any atom is 0.337 e. The van der Waals surface area contributed by atoms with Gasteiger partial charge in [0, 0.05) is 34.4 Å². The maximum atomic E-state index is 11.5. The minimum Gasteiger partial charge on any atom is -0.478 e. The Bertz CT molecular complexity index is 1110. The van der Waals surface area contributed by atoms with E-state index in [9.17, 15) is 14.7 Å². The maximum absolute atomic E-state index is 11.5. The SMILES string of the molecule is CC(=O)c1cccc(N=Cc2cc(C)n(-c3ccc(Cl)c(C(=O)O)c3)c2C)c1. The molecule has 0 spiro atoms. The van der Waals surface area contributed by atoms with Crippen molar-refractivity contribution >= 4 is 35.3 Å². The second-order valence-electron chi connectivity index (χ2n) is 6.50. The lowest BCUT2D eigenvalue weighted by atomic mass is 10.1. The molecule has 142 valence electrons. The number of aromatic carboxylic acids is 1. The number of halogens is 1. The van der Waals surface area contributed by atoms with Gasteiger partial charge in [0.2, 0.25) is 0 Å².